The van der Waals surface area contributed by atoms with Crippen LogP contribution < -0.4 is 4.90 Å². The zero-order valence-electron chi connectivity index (χ0n) is 21.8. The molecule has 0 saturated carbocycles. The number of para-hydroxylation sites is 3. The van der Waals surface area contributed by atoms with Gasteiger partial charge in [0.1, 0.15) is 11.2 Å². The van der Waals surface area contributed by atoms with Gasteiger partial charge >= 0.3 is 0 Å². The molecule has 0 aliphatic carbocycles. The lowest BCUT2D eigenvalue weighted by Crippen LogP contribution is -2.10. The average molecular weight is 512 g/mol. The van der Waals surface area contributed by atoms with Gasteiger partial charge in [0, 0.05) is 32.9 Å². The Hall–Kier alpha value is -5.34. The second kappa shape index (κ2) is 9.14. The SMILES string of the molecule is c1ccc(N(c2ccccc2)c2cc(-c3cccc4ccc5oc6ccccc6c5c34)cc3ccccc23)cc1. The van der Waals surface area contributed by atoms with Crippen molar-refractivity contribution in [2.45, 2.75) is 0 Å². The van der Waals surface area contributed by atoms with Crippen molar-refractivity contribution in [2.24, 2.45) is 0 Å². The maximum Gasteiger partial charge on any atom is 0.136 e. The lowest BCUT2D eigenvalue weighted by atomic mass is 9.92. The maximum atomic E-state index is 6.29. The third-order valence-electron chi connectivity index (χ3n) is 7.80. The molecule has 0 aliphatic heterocycles. The third-order valence-corrected chi connectivity index (χ3v) is 7.80. The molecule has 0 bridgehead atoms. The number of rotatable bonds is 4. The molecule has 0 N–H and O–H groups in total. The Bertz CT molecular complexity index is 2120. The second-order valence-electron chi connectivity index (χ2n) is 10.2. The molecule has 7 aromatic carbocycles. The molecule has 0 fully saturated rings. The van der Waals surface area contributed by atoms with E-state index in [0.29, 0.717) is 0 Å². The maximum absolute atomic E-state index is 6.29. The van der Waals surface area contributed by atoms with E-state index in [4.69, 9.17) is 4.42 Å². The minimum atomic E-state index is 0.914. The lowest BCUT2D eigenvalue weighted by molar-refractivity contribution is 0.669. The Morgan fingerprint density at radius 2 is 1.07 bits per heavy atom. The Balaban J connectivity index is 1.47. The minimum Gasteiger partial charge on any atom is -0.456 e. The lowest BCUT2D eigenvalue weighted by Gasteiger charge is -2.27. The van der Waals surface area contributed by atoms with Crippen LogP contribution in [0.1, 0.15) is 0 Å². The summed E-state index contributed by atoms with van der Waals surface area (Å²) in [6.07, 6.45) is 0. The number of benzene rings is 7. The van der Waals surface area contributed by atoms with Crippen LogP contribution in [0.15, 0.2) is 156 Å². The molecule has 8 aromatic rings. The van der Waals surface area contributed by atoms with E-state index < -0.39 is 0 Å². The normalized spacial score (nSPS) is 11.5. The van der Waals surface area contributed by atoms with E-state index >= 15 is 0 Å². The summed E-state index contributed by atoms with van der Waals surface area (Å²) in [5.74, 6) is 0. The molecule has 0 atom stereocenters. The molecule has 0 saturated heterocycles. The van der Waals surface area contributed by atoms with Gasteiger partial charge in [-0.3, -0.25) is 0 Å². The van der Waals surface area contributed by atoms with Gasteiger partial charge in [0.2, 0.25) is 0 Å². The molecule has 1 aromatic heterocycles. The van der Waals surface area contributed by atoms with E-state index in [2.05, 4.69) is 150 Å². The summed E-state index contributed by atoms with van der Waals surface area (Å²) >= 11 is 0. The van der Waals surface area contributed by atoms with E-state index in [1.165, 1.54) is 38.1 Å². The van der Waals surface area contributed by atoms with Crippen LogP contribution in [0, 0.1) is 0 Å². The molecular formula is C38H25NO. The predicted molar refractivity (Wildman–Crippen MR) is 169 cm³/mol. The molecule has 2 nitrogen and oxygen atoms in total. The van der Waals surface area contributed by atoms with Crippen LogP contribution in [0.25, 0.3) is 54.6 Å². The quantitative estimate of drug-likeness (QED) is 0.234. The Morgan fingerprint density at radius 1 is 0.425 bits per heavy atom. The minimum absolute atomic E-state index is 0.914. The standard InChI is InChI=1S/C38H25NO/c1-3-14-29(15-4-1)39(30-16-5-2-6-17-30)34-25-28(24-27-12-7-8-18-31(27)34)32-20-11-13-26-22-23-36-38(37(26)32)33-19-9-10-21-35(33)40-36/h1-25H. The summed E-state index contributed by atoms with van der Waals surface area (Å²) in [6.45, 7) is 0. The molecule has 2 heteroatoms. The second-order valence-corrected chi connectivity index (χ2v) is 10.2. The van der Waals surface area contributed by atoms with Crippen LogP contribution in [-0.2, 0) is 0 Å². The first kappa shape index (κ1) is 22.6. The fraction of sp³-hybridized carbons (Fsp3) is 0. The van der Waals surface area contributed by atoms with Gasteiger partial charge in [0.05, 0.1) is 5.69 Å². The molecular weight excluding hydrogens is 486 g/mol. The summed E-state index contributed by atoms with van der Waals surface area (Å²) in [5.41, 5.74) is 7.59. The highest BCUT2D eigenvalue weighted by Gasteiger charge is 2.19. The van der Waals surface area contributed by atoms with E-state index in [9.17, 15) is 0 Å². The number of hydrogen-bond acceptors (Lipinski definition) is 2. The van der Waals surface area contributed by atoms with Crippen molar-refractivity contribution in [2.75, 3.05) is 4.90 Å². The Morgan fingerprint density at radius 3 is 1.85 bits per heavy atom. The number of nitrogens with zero attached hydrogens (tertiary/aromatic N) is 1. The van der Waals surface area contributed by atoms with E-state index in [1.54, 1.807) is 0 Å². The summed E-state index contributed by atoms with van der Waals surface area (Å²) in [6, 6.07) is 53.8. The zero-order valence-corrected chi connectivity index (χ0v) is 21.8. The molecule has 0 unspecified atom stereocenters. The van der Waals surface area contributed by atoms with Crippen molar-refractivity contribution in [1.29, 1.82) is 0 Å². The largest absolute Gasteiger partial charge is 0.456 e. The summed E-state index contributed by atoms with van der Waals surface area (Å²) < 4.78 is 6.29. The highest BCUT2D eigenvalue weighted by Crippen LogP contribution is 2.44. The van der Waals surface area contributed by atoms with Gasteiger partial charge in [-0.25, -0.2) is 0 Å². The number of hydrogen-bond donors (Lipinski definition) is 0. The summed E-state index contributed by atoms with van der Waals surface area (Å²) in [5, 5.41) is 7.14. The molecule has 0 radical (unpaired) electrons. The van der Waals surface area contributed by atoms with Crippen molar-refractivity contribution < 1.29 is 4.42 Å². The molecule has 0 aliphatic rings. The molecule has 1 heterocycles. The Labute approximate surface area is 232 Å². The third kappa shape index (κ3) is 3.58. The molecule has 40 heavy (non-hydrogen) atoms. The van der Waals surface area contributed by atoms with Crippen molar-refractivity contribution in [3.63, 3.8) is 0 Å². The van der Waals surface area contributed by atoms with Gasteiger partial charge in [0.15, 0.2) is 0 Å². The van der Waals surface area contributed by atoms with Gasteiger partial charge in [-0.1, -0.05) is 103 Å². The number of fused-ring (bicyclic) bond motifs is 6. The van der Waals surface area contributed by atoms with E-state index in [1.807, 2.05) is 6.07 Å². The van der Waals surface area contributed by atoms with Crippen LogP contribution in [-0.4, -0.2) is 0 Å². The van der Waals surface area contributed by atoms with Crippen LogP contribution in [0.2, 0.25) is 0 Å². The van der Waals surface area contributed by atoms with Crippen LogP contribution in [0.4, 0.5) is 17.1 Å². The highest BCUT2D eigenvalue weighted by atomic mass is 16.3. The fourth-order valence-electron chi connectivity index (χ4n) is 6.05. The van der Waals surface area contributed by atoms with Crippen LogP contribution >= 0.6 is 0 Å². The van der Waals surface area contributed by atoms with Gasteiger partial charge in [-0.05, 0) is 70.4 Å². The molecule has 8 rings (SSSR count). The first-order chi connectivity index (χ1) is 19.8. The van der Waals surface area contributed by atoms with Crippen molar-refractivity contribution in [3.05, 3.63) is 152 Å². The van der Waals surface area contributed by atoms with E-state index in [0.717, 1.165) is 33.6 Å². The number of furan rings is 1. The van der Waals surface area contributed by atoms with Crippen LogP contribution in [0.3, 0.4) is 0 Å². The smallest absolute Gasteiger partial charge is 0.136 e. The van der Waals surface area contributed by atoms with Crippen molar-refractivity contribution >= 4 is 60.5 Å². The topological polar surface area (TPSA) is 16.4 Å². The Kier molecular flexibility index (Phi) is 5.17. The number of anilines is 3. The van der Waals surface area contributed by atoms with Gasteiger partial charge in [-0.15, -0.1) is 0 Å². The van der Waals surface area contributed by atoms with Gasteiger partial charge in [0.25, 0.3) is 0 Å². The summed E-state index contributed by atoms with van der Waals surface area (Å²) in [4.78, 5) is 2.36. The monoisotopic (exact) mass is 511 g/mol. The predicted octanol–water partition coefficient (Wildman–Crippen LogP) is 11.0. The highest BCUT2D eigenvalue weighted by molar-refractivity contribution is 6.23. The first-order valence-corrected chi connectivity index (χ1v) is 13.6. The molecule has 0 spiro atoms. The van der Waals surface area contributed by atoms with Crippen molar-refractivity contribution in [3.8, 4) is 11.1 Å². The molecule has 0 amide bonds. The summed E-state index contributed by atoms with van der Waals surface area (Å²) in [7, 11) is 0. The van der Waals surface area contributed by atoms with Crippen molar-refractivity contribution in [1.82, 2.24) is 0 Å². The van der Waals surface area contributed by atoms with Gasteiger partial charge in [-0.2, -0.15) is 0 Å². The van der Waals surface area contributed by atoms with E-state index in [-0.39, 0.29) is 0 Å². The zero-order chi connectivity index (χ0) is 26.5. The average Bonchev–Trinajstić information content (AvgIpc) is 3.41. The first-order valence-electron chi connectivity index (χ1n) is 13.6. The fourth-order valence-corrected chi connectivity index (χ4v) is 6.05. The van der Waals surface area contributed by atoms with Gasteiger partial charge < -0.3 is 9.32 Å². The molecule has 188 valence electrons. The van der Waals surface area contributed by atoms with Crippen LogP contribution in [0.5, 0.6) is 0 Å².